The summed E-state index contributed by atoms with van der Waals surface area (Å²) in [6, 6.07) is 10.4. The Morgan fingerprint density at radius 2 is 1.73 bits per heavy atom. The topological polar surface area (TPSA) is 25.2 Å². The minimum absolute atomic E-state index is 0.247. The Morgan fingerprint density at radius 3 is 2.55 bits per heavy atom. The average molecular weight is 303 g/mol. The van der Waals surface area contributed by atoms with E-state index in [4.69, 9.17) is 4.42 Å². The fraction of sp³-hybridized carbons (Fsp3) is 0.474. The molecule has 0 amide bonds. The van der Waals surface area contributed by atoms with Gasteiger partial charge in [0.2, 0.25) is 0 Å². The number of unbranched alkanes of at least 4 members (excludes halogenated alkanes) is 5. The Labute approximate surface area is 132 Å². The molecule has 0 aliphatic carbocycles. The van der Waals surface area contributed by atoms with Gasteiger partial charge in [-0.15, -0.1) is 0 Å². The van der Waals surface area contributed by atoms with Crippen LogP contribution in [0.1, 0.15) is 51.2 Å². The van der Waals surface area contributed by atoms with Gasteiger partial charge >= 0.3 is 0 Å². The van der Waals surface area contributed by atoms with E-state index in [1.54, 1.807) is 12.1 Å². The predicted octanol–water partition coefficient (Wildman–Crippen LogP) is 5.54. The van der Waals surface area contributed by atoms with Gasteiger partial charge in [-0.25, -0.2) is 4.39 Å². The highest BCUT2D eigenvalue weighted by Gasteiger charge is 2.08. The summed E-state index contributed by atoms with van der Waals surface area (Å²) in [4.78, 5) is 0. The van der Waals surface area contributed by atoms with Crippen LogP contribution < -0.4 is 5.32 Å². The SMILES string of the molecule is CCCCCCCCNCc1ccc(-c2ccccc2F)o1. The van der Waals surface area contributed by atoms with Crippen LogP contribution in [-0.2, 0) is 6.54 Å². The Bertz CT molecular complexity index is 550. The molecule has 0 unspecified atom stereocenters. The molecule has 1 heterocycles. The van der Waals surface area contributed by atoms with Crippen molar-refractivity contribution in [1.29, 1.82) is 0 Å². The van der Waals surface area contributed by atoms with Crippen molar-refractivity contribution in [3.05, 3.63) is 48.0 Å². The third kappa shape index (κ3) is 5.30. The summed E-state index contributed by atoms with van der Waals surface area (Å²) in [5.41, 5.74) is 0.518. The van der Waals surface area contributed by atoms with Crippen molar-refractivity contribution in [2.45, 2.75) is 52.0 Å². The fourth-order valence-electron chi connectivity index (χ4n) is 2.52. The van der Waals surface area contributed by atoms with Gasteiger partial charge in [-0.2, -0.15) is 0 Å². The summed E-state index contributed by atoms with van der Waals surface area (Å²) < 4.78 is 19.4. The molecule has 120 valence electrons. The van der Waals surface area contributed by atoms with Crippen LogP contribution in [0.15, 0.2) is 40.8 Å². The van der Waals surface area contributed by atoms with Crippen molar-refractivity contribution in [2.24, 2.45) is 0 Å². The second-order valence-corrected chi connectivity index (χ2v) is 5.69. The lowest BCUT2D eigenvalue weighted by Gasteiger charge is -2.03. The van der Waals surface area contributed by atoms with Crippen LogP contribution in [0.25, 0.3) is 11.3 Å². The maximum atomic E-state index is 13.7. The molecule has 22 heavy (non-hydrogen) atoms. The molecular formula is C19H26FNO. The first kappa shape index (κ1) is 16.8. The minimum Gasteiger partial charge on any atom is -0.460 e. The van der Waals surface area contributed by atoms with E-state index in [1.165, 1.54) is 44.6 Å². The second-order valence-electron chi connectivity index (χ2n) is 5.69. The highest BCUT2D eigenvalue weighted by atomic mass is 19.1. The van der Waals surface area contributed by atoms with Gasteiger partial charge in [0.05, 0.1) is 12.1 Å². The van der Waals surface area contributed by atoms with Gasteiger partial charge in [0, 0.05) is 0 Å². The number of rotatable bonds is 10. The number of halogens is 1. The molecule has 0 fully saturated rings. The van der Waals surface area contributed by atoms with E-state index in [9.17, 15) is 4.39 Å². The lowest BCUT2D eigenvalue weighted by molar-refractivity contribution is 0.483. The Hall–Kier alpha value is -1.61. The molecule has 0 spiro atoms. The average Bonchev–Trinajstić information content (AvgIpc) is 2.99. The summed E-state index contributed by atoms with van der Waals surface area (Å²) in [5, 5.41) is 3.38. The molecule has 1 aromatic heterocycles. The zero-order valence-corrected chi connectivity index (χ0v) is 13.4. The maximum absolute atomic E-state index is 13.7. The van der Waals surface area contributed by atoms with E-state index in [0.29, 0.717) is 17.9 Å². The lowest BCUT2D eigenvalue weighted by atomic mass is 10.1. The quantitative estimate of drug-likeness (QED) is 0.583. The third-order valence-electron chi connectivity index (χ3n) is 3.81. The molecule has 0 bridgehead atoms. The first-order valence-corrected chi connectivity index (χ1v) is 8.35. The van der Waals surface area contributed by atoms with E-state index in [-0.39, 0.29) is 5.82 Å². The highest BCUT2D eigenvalue weighted by Crippen LogP contribution is 2.24. The zero-order valence-electron chi connectivity index (χ0n) is 13.4. The maximum Gasteiger partial charge on any atom is 0.137 e. The monoisotopic (exact) mass is 303 g/mol. The number of hydrogen-bond acceptors (Lipinski definition) is 2. The summed E-state index contributed by atoms with van der Waals surface area (Å²) in [5.74, 6) is 1.20. The predicted molar refractivity (Wildman–Crippen MR) is 89.2 cm³/mol. The smallest absolute Gasteiger partial charge is 0.137 e. The second kappa shape index (κ2) is 9.42. The lowest BCUT2D eigenvalue weighted by Crippen LogP contribution is -2.14. The molecule has 1 N–H and O–H groups in total. The van der Waals surface area contributed by atoms with Crippen LogP contribution in [0.3, 0.4) is 0 Å². The summed E-state index contributed by atoms with van der Waals surface area (Å²) in [7, 11) is 0. The van der Waals surface area contributed by atoms with Gasteiger partial charge in [-0.1, -0.05) is 51.2 Å². The van der Waals surface area contributed by atoms with Crippen LogP contribution in [0.2, 0.25) is 0 Å². The van der Waals surface area contributed by atoms with Gasteiger partial charge in [0.15, 0.2) is 0 Å². The molecule has 0 aliphatic rings. The standard InChI is InChI=1S/C19H26FNO/c1-2-3-4-5-6-9-14-21-15-16-12-13-19(22-16)17-10-7-8-11-18(17)20/h7-8,10-13,21H,2-6,9,14-15H2,1H3. The molecular weight excluding hydrogens is 277 g/mol. The minimum atomic E-state index is -0.247. The Balaban J connectivity index is 1.69. The molecule has 0 atom stereocenters. The van der Waals surface area contributed by atoms with Crippen LogP contribution in [0.5, 0.6) is 0 Å². The summed E-state index contributed by atoms with van der Waals surface area (Å²) >= 11 is 0. The van der Waals surface area contributed by atoms with Crippen molar-refractivity contribution >= 4 is 0 Å². The van der Waals surface area contributed by atoms with E-state index in [2.05, 4.69) is 12.2 Å². The molecule has 1 aromatic carbocycles. The van der Waals surface area contributed by atoms with Gasteiger partial charge in [-0.3, -0.25) is 0 Å². The Morgan fingerprint density at radius 1 is 0.955 bits per heavy atom. The number of furan rings is 1. The van der Waals surface area contributed by atoms with E-state index >= 15 is 0 Å². The summed E-state index contributed by atoms with van der Waals surface area (Å²) in [6.07, 6.45) is 7.80. The first-order valence-electron chi connectivity index (χ1n) is 8.35. The van der Waals surface area contributed by atoms with E-state index in [0.717, 1.165) is 12.3 Å². The number of hydrogen-bond donors (Lipinski definition) is 1. The van der Waals surface area contributed by atoms with Crippen LogP contribution in [0, 0.1) is 5.82 Å². The van der Waals surface area contributed by atoms with Gasteiger partial charge in [0.1, 0.15) is 17.3 Å². The van der Waals surface area contributed by atoms with Crippen molar-refractivity contribution in [2.75, 3.05) is 6.54 Å². The number of benzene rings is 1. The molecule has 0 aliphatic heterocycles. The van der Waals surface area contributed by atoms with Gasteiger partial charge in [0.25, 0.3) is 0 Å². The van der Waals surface area contributed by atoms with E-state index < -0.39 is 0 Å². The van der Waals surface area contributed by atoms with Gasteiger partial charge < -0.3 is 9.73 Å². The molecule has 0 saturated carbocycles. The first-order chi connectivity index (χ1) is 10.8. The van der Waals surface area contributed by atoms with Crippen molar-refractivity contribution < 1.29 is 8.81 Å². The van der Waals surface area contributed by atoms with Crippen LogP contribution in [0.4, 0.5) is 4.39 Å². The molecule has 2 rings (SSSR count). The Kier molecular flexibility index (Phi) is 7.17. The van der Waals surface area contributed by atoms with Crippen molar-refractivity contribution in [3.63, 3.8) is 0 Å². The van der Waals surface area contributed by atoms with Crippen molar-refractivity contribution in [1.82, 2.24) is 5.32 Å². The highest BCUT2D eigenvalue weighted by molar-refractivity contribution is 5.58. The largest absolute Gasteiger partial charge is 0.460 e. The summed E-state index contributed by atoms with van der Waals surface area (Å²) in [6.45, 7) is 3.94. The number of nitrogens with one attached hydrogen (secondary N) is 1. The normalized spacial score (nSPS) is 11.0. The van der Waals surface area contributed by atoms with Crippen molar-refractivity contribution in [3.8, 4) is 11.3 Å². The molecule has 3 heteroatoms. The fourth-order valence-corrected chi connectivity index (χ4v) is 2.52. The van der Waals surface area contributed by atoms with Crippen LogP contribution in [-0.4, -0.2) is 6.54 Å². The van der Waals surface area contributed by atoms with Gasteiger partial charge in [-0.05, 0) is 37.2 Å². The molecule has 2 aromatic rings. The third-order valence-corrected chi connectivity index (χ3v) is 3.81. The van der Waals surface area contributed by atoms with Crippen LogP contribution >= 0.6 is 0 Å². The molecule has 0 saturated heterocycles. The molecule has 2 nitrogen and oxygen atoms in total. The molecule has 0 radical (unpaired) electrons. The zero-order chi connectivity index (χ0) is 15.6. The van der Waals surface area contributed by atoms with E-state index in [1.807, 2.05) is 18.2 Å².